The summed E-state index contributed by atoms with van der Waals surface area (Å²) in [5, 5.41) is 13.2. The van der Waals surface area contributed by atoms with E-state index < -0.39 is 16.4 Å². The number of carbonyl (C=O) groups is 1. The predicted molar refractivity (Wildman–Crippen MR) is 86.1 cm³/mol. The van der Waals surface area contributed by atoms with E-state index in [-0.39, 0.29) is 18.3 Å². The molecule has 2 aromatic rings. The third-order valence-electron chi connectivity index (χ3n) is 2.64. The van der Waals surface area contributed by atoms with Gasteiger partial charge in [0.25, 0.3) is 0 Å². The number of pyridine rings is 1. The first-order chi connectivity index (χ1) is 11.5. The molecular weight excluding hydrogens is 317 g/mol. The van der Waals surface area contributed by atoms with Gasteiger partial charge in [-0.2, -0.15) is 0 Å². The molecule has 0 radical (unpaired) electrons. The summed E-state index contributed by atoms with van der Waals surface area (Å²) in [7, 11) is 0. The summed E-state index contributed by atoms with van der Waals surface area (Å²) in [4.78, 5) is 24.3. The van der Waals surface area contributed by atoms with E-state index in [0.717, 1.165) is 12.1 Å². The van der Waals surface area contributed by atoms with Crippen LogP contribution < -0.4 is 10.1 Å². The molecule has 7 nitrogen and oxygen atoms in total. The molecule has 0 fully saturated rings. The fourth-order valence-electron chi connectivity index (χ4n) is 1.59. The van der Waals surface area contributed by atoms with Gasteiger partial charge in [0, 0.05) is 25.9 Å². The van der Waals surface area contributed by atoms with Crippen molar-refractivity contribution in [2.75, 3.05) is 13.2 Å². The first-order valence-electron chi connectivity index (χ1n) is 7.17. The van der Waals surface area contributed by atoms with E-state index in [9.17, 15) is 19.3 Å². The summed E-state index contributed by atoms with van der Waals surface area (Å²) < 4.78 is 18.0. The number of benzene rings is 1. The number of hydrogen-bond donors (Lipinski definition) is 1. The van der Waals surface area contributed by atoms with Crippen molar-refractivity contribution in [3.8, 4) is 5.75 Å². The number of nitro groups is 1. The number of amides is 1. The van der Waals surface area contributed by atoms with Gasteiger partial charge < -0.3 is 10.1 Å². The van der Waals surface area contributed by atoms with Gasteiger partial charge in [-0.25, -0.2) is 4.39 Å². The average molecular weight is 335 g/mol. The lowest BCUT2D eigenvalue weighted by atomic mass is 10.3. The molecule has 1 aromatic carbocycles. The second kappa shape index (κ2) is 10.7. The Kier molecular flexibility index (Phi) is 8.44. The Balaban J connectivity index is 0.000000400. The van der Waals surface area contributed by atoms with Gasteiger partial charge >= 0.3 is 5.69 Å². The Morgan fingerprint density at radius 3 is 2.54 bits per heavy atom. The summed E-state index contributed by atoms with van der Waals surface area (Å²) in [5.74, 6) is -0.820. The number of hydrogen-bond acceptors (Lipinski definition) is 5. The molecule has 8 heteroatoms. The van der Waals surface area contributed by atoms with Gasteiger partial charge in [0.05, 0.1) is 17.6 Å². The highest BCUT2D eigenvalue weighted by atomic mass is 19.1. The quantitative estimate of drug-likeness (QED) is 0.497. The minimum Gasteiger partial charge on any atom is -0.487 e. The summed E-state index contributed by atoms with van der Waals surface area (Å²) in [6.45, 7) is 2.02. The van der Waals surface area contributed by atoms with Crippen molar-refractivity contribution >= 4 is 11.6 Å². The van der Waals surface area contributed by atoms with Crippen molar-refractivity contribution in [3.05, 3.63) is 64.7 Å². The van der Waals surface area contributed by atoms with Gasteiger partial charge in [-0.15, -0.1) is 0 Å². The molecule has 0 aliphatic rings. The van der Waals surface area contributed by atoms with Gasteiger partial charge in [0.15, 0.2) is 5.75 Å². The maximum atomic E-state index is 12.8. The van der Waals surface area contributed by atoms with Crippen molar-refractivity contribution < 1.29 is 18.8 Å². The topological polar surface area (TPSA) is 94.4 Å². The van der Waals surface area contributed by atoms with Crippen molar-refractivity contribution in [1.82, 2.24) is 10.3 Å². The van der Waals surface area contributed by atoms with Gasteiger partial charge in [-0.1, -0.05) is 6.07 Å². The highest BCUT2D eigenvalue weighted by Crippen LogP contribution is 2.27. The van der Waals surface area contributed by atoms with E-state index in [2.05, 4.69) is 10.3 Å². The van der Waals surface area contributed by atoms with Crippen molar-refractivity contribution in [3.63, 3.8) is 0 Å². The van der Waals surface area contributed by atoms with Crippen molar-refractivity contribution in [2.45, 2.75) is 13.3 Å². The smallest absolute Gasteiger partial charge is 0.313 e. The van der Waals surface area contributed by atoms with E-state index in [4.69, 9.17) is 4.74 Å². The van der Waals surface area contributed by atoms with Crippen LogP contribution in [0.25, 0.3) is 0 Å². The number of rotatable bonds is 6. The van der Waals surface area contributed by atoms with Gasteiger partial charge in [0.2, 0.25) is 5.91 Å². The van der Waals surface area contributed by atoms with Crippen LogP contribution in [0.15, 0.2) is 48.8 Å². The summed E-state index contributed by atoms with van der Waals surface area (Å²) in [6.07, 6.45) is 4.01. The summed E-state index contributed by atoms with van der Waals surface area (Å²) >= 11 is 0. The van der Waals surface area contributed by atoms with Crippen LogP contribution in [-0.2, 0) is 4.79 Å². The largest absolute Gasteiger partial charge is 0.487 e. The summed E-state index contributed by atoms with van der Waals surface area (Å²) in [5.41, 5.74) is -0.408. The molecule has 0 aliphatic heterocycles. The Labute approximate surface area is 138 Å². The minimum absolute atomic E-state index is 0.0178. The molecule has 0 bridgehead atoms. The molecule has 0 spiro atoms. The average Bonchev–Trinajstić information content (AvgIpc) is 2.57. The first kappa shape index (κ1) is 19.0. The first-order valence-corrected chi connectivity index (χ1v) is 7.17. The molecule has 0 saturated carbocycles. The Morgan fingerprint density at radius 2 is 2.04 bits per heavy atom. The molecule has 1 N–H and O–H groups in total. The lowest BCUT2D eigenvalue weighted by molar-refractivity contribution is -0.386. The molecule has 1 heterocycles. The lowest BCUT2D eigenvalue weighted by Crippen LogP contribution is -2.22. The van der Waals surface area contributed by atoms with Crippen LogP contribution in [0.4, 0.5) is 10.1 Å². The zero-order chi connectivity index (χ0) is 17.8. The van der Waals surface area contributed by atoms with E-state index in [1.54, 1.807) is 12.4 Å². The van der Waals surface area contributed by atoms with Crippen molar-refractivity contribution in [2.24, 2.45) is 0 Å². The highest BCUT2D eigenvalue weighted by Gasteiger charge is 2.15. The van der Waals surface area contributed by atoms with E-state index >= 15 is 0 Å². The van der Waals surface area contributed by atoms with Crippen LogP contribution in [0.5, 0.6) is 5.75 Å². The van der Waals surface area contributed by atoms with Crippen LogP contribution in [0.1, 0.15) is 13.3 Å². The number of halogens is 1. The second-order valence-corrected chi connectivity index (χ2v) is 4.58. The Hall–Kier alpha value is -3.03. The summed E-state index contributed by atoms with van der Waals surface area (Å²) in [6, 6.07) is 8.83. The maximum absolute atomic E-state index is 12.8. The third-order valence-corrected chi connectivity index (χ3v) is 2.64. The van der Waals surface area contributed by atoms with E-state index in [0.29, 0.717) is 13.0 Å². The molecule has 1 aromatic heterocycles. The molecular formula is C16H18FN3O4. The molecule has 1 amide bonds. The number of nitrogens with one attached hydrogen (secondary N) is 1. The van der Waals surface area contributed by atoms with Crippen LogP contribution in [0.3, 0.4) is 0 Å². The lowest BCUT2D eigenvalue weighted by Gasteiger charge is -2.06. The number of carbonyl (C=O) groups excluding carboxylic acids is 1. The molecule has 24 heavy (non-hydrogen) atoms. The van der Waals surface area contributed by atoms with Crippen LogP contribution >= 0.6 is 0 Å². The Morgan fingerprint density at radius 1 is 1.33 bits per heavy atom. The SMILES string of the molecule is CC(=O)NCCCOc1ccc(F)cc1[N+](=O)[O-].c1ccncc1. The fourth-order valence-corrected chi connectivity index (χ4v) is 1.59. The predicted octanol–water partition coefficient (Wildman–Crippen LogP) is 2.72. The van der Waals surface area contributed by atoms with E-state index in [1.165, 1.54) is 13.0 Å². The van der Waals surface area contributed by atoms with Crippen LogP contribution in [0.2, 0.25) is 0 Å². The molecule has 128 valence electrons. The fraction of sp³-hybridized carbons (Fsp3) is 0.250. The minimum atomic E-state index is -0.702. The zero-order valence-electron chi connectivity index (χ0n) is 13.1. The third kappa shape index (κ3) is 7.83. The number of aromatic nitrogens is 1. The molecule has 0 saturated heterocycles. The second-order valence-electron chi connectivity index (χ2n) is 4.58. The normalized spacial score (nSPS) is 9.42. The zero-order valence-corrected chi connectivity index (χ0v) is 13.1. The maximum Gasteiger partial charge on any atom is 0.313 e. The van der Waals surface area contributed by atoms with Gasteiger partial charge in [0.1, 0.15) is 5.82 Å². The highest BCUT2D eigenvalue weighted by molar-refractivity contribution is 5.72. The molecule has 0 atom stereocenters. The number of nitro benzene ring substituents is 1. The van der Waals surface area contributed by atoms with E-state index in [1.807, 2.05) is 18.2 Å². The van der Waals surface area contributed by atoms with Crippen molar-refractivity contribution in [1.29, 1.82) is 0 Å². The molecule has 2 rings (SSSR count). The van der Waals surface area contributed by atoms with Crippen LogP contribution in [-0.4, -0.2) is 29.0 Å². The standard InChI is InChI=1S/C11H13FN2O4.C5H5N/c1-8(15)13-5-2-6-18-11-4-3-9(12)7-10(11)14(16)17;1-2-4-6-5-3-1/h3-4,7H,2,5-6H2,1H3,(H,13,15);1-5H. The van der Waals surface area contributed by atoms with Gasteiger partial charge in [-0.05, 0) is 30.7 Å². The number of nitrogens with zero attached hydrogens (tertiary/aromatic N) is 2. The van der Waals surface area contributed by atoms with Gasteiger partial charge in [-0.3, -0.25) is 19.9 Å². The molecule has 0 aliphatic carbocycles. The van der Waals surface area contributed by atoms with Crippen LogP contribution in [0, 0.1) is 15.9 Å². The number of ether oxygens (including phenoxy) is 1. The Bertz CT molecular complexity index is 626. The monoisotopic (exact) mass is 335 g/mol. The molecule has 0 unspecified atom stereocenters.